The first-order valence-corrected chi connectivity index (χ1v) is 8.02. The van der Waals surface area contributed by atoms with E-state index in [-0.39, 0.29) is 5.91 Å². The van der Waals surface area contributed by atoms with Gasteiger partial charge in [-0.3, -0.25) is 4.79 Å². The van der Waals surface area contributed by atoms with Gasteiger partial charge in [-0.15, -0.1) is 0 Å². The van der Waals surface area contributed by atoms with Crippen LogP contribution in [0.1, 0.15) is 5.56 Å². The molecule has 2 aromatic carbocycles. The molecule has 0 aliphatic heterocycles. The number of anilines is 1. The van der Waals surface area contributed by atoms with Crippen molar-refractivity contribution in [2.24, 2.45) is 0 Å². The van der Waals surface area contributed by atoms with Crippen molar-refractivity contribution in [3.05, 3.63) is 47.0 Å². The number of amides is 1. The van der Waals surface area contributed by atoms with Crippen molar-refractivity contribution < 1.29 is 23.7 Å². The molecule has 0 aromatic heterocycles. The molecule has 0 aliphatic carbocycles. The van der Waals surface area contributed by atoms with Gasteiger partial charge >= 0.3 is 0 Å². The fourth-order valence-electron chi connectivity index (χ4n) is 2.26. The van der Waals surface area contributed by atoms with Crippen molar-refractivity contribution in [2.75, 3.05) is 33.8 Å². The summed E-state index contributed by atoms with van der Waals surface area (Å²) in [5.41, 5.74) is 1.23. The van der Waals surface area contributed by atoms with E-state index in [2.05, 4.69) is 5.32 Å². The monoisotopic (exact) mass is 377 g/mol. The molecule has 138 valence electrons. The summed E-state index contributed by atoms with van der Waals surface area (Å²) < 4.78 is 20.8. The van der Waals surface area contributed by atoms with Gasteiger partial charge in [-0.05, 0) is 29.8 Å². The molecule has 0 unspecified atom stereocenters. The molecule has 0 aliphatic rings. The number of hydrogen-bond acceptors (Lipinski definition) is 5. The second kappa shape index (κ2) is 9.01. The van der Waals surface area contributed by atoms with Gasteiger partial charge in [0.05, 0.1) is 39.1 Å². The lowest BCUT2D eigenvalue weighted by molar-refractivity contribution is -0.111. The van der Waals surface area contributed by atoms with Gasteiger partial charge in [-0.1, -0.05) is 17.7 Å². The fraction of sp³-hybridized carbons (Fsp3) is 0.211. The fourth-order valence-corrected chi connectivity index (χ4v) is 2.50. The first kappa shape index (κ1) is 19.5. The third-order valence-electron chi connectivity index (χ3n) is 3.57. The van der Waals surface area contributed by atoms with E-state index >= 15 is 0 Å². The Morgan fingerprint density at radius 3 is 2.15 bits per heavy atom. The summed E-state index contributed by atoms with van der Waals surface area (Å²) in [6.07, 6.45) is 3.06. The Kier molecular flexibility index (Phi) is 6.74. The van der Waals surface area contributed by atoms with Crippen LogP contribution < -0.4 is 24.3 Å². The van der Waals surface area contributed by atoms with Crippen LogP contribution in [-0.2, 0) is 4.79 Å². The molecule has 0 radical (unpaired) electrons. The van der Waals surface area contributed by atoms with Crippen LogP contribution in [0.2, 0.25) is 5.02 Å². The van der Waals surface area contributed by atoms with E-state index in [0.29, 0.717) is 33.7 Å². The topological polar surface area (TPSA) is 66.0 Å². The van der Waals surface area contributed by atoms with Gasteiger partial charge in [0.2, 0.25) is 5.91 Å². The third-order valence-corrected chi connectivity index (χ3v) is 3.86. The Labute approximate surface area is 157 Å². The highest BCUT2D eigenvalue weighted by Crippen LogP contribution is 2.36. The van der Waals surface area contributed by atoms with E-state index in [1.165, 1.54) is 20.3 Å². The zero-order valence-corrected chi connectivity index (χ0v) is 15.7. The lowest BCUT2D eigenvalue weighted by Gasteiger charge is -2.12. The molecule has 26 heavy (non-hydrogen) atoms. The second-order valence-corrected chi connectivity index (χ2v) is 5.53. The minimum absolute atomic E-state index is 0.334. The summed E-state index contributed by atoms with van der Waals surface area (Å²) >= 11 is 6.10. The summed E-state index contributed by atoms with van der Waals surface area (Å²) in [4.78, 5) is 12.2. The molecule has 7 heteroatoms. The zero-order chi connectivity index (χ0) is 19.1. The van der Waals surface area contributed by atoms with Crippen molar-refractivity contribution in [2.45, 2.75) is 0 Å². The van der Waals surface area contributed by atoms with Crippen LogP contribution in [0, 0.1) is 0 Å². The summed E-state index contributed by atoms with van der Waals surface area (Å²) in [5, 5.41) is 3.10. The van der Waals surface area contributed by atoms with Crippen LogP contribution in [0.4, 0.5) is 5.69 Å². The number of nitrogens with one attached hydrogen (secondary N) is 1. The van der Waals surface area contributed by atoms with Crippen LogP contribution in [0.25, 0.3) is 6.08 Å². The minimum Gasteiger partial charge on any atom is -0.495 e. The van der Waals surface area contributed by atoms with E-state index in [1.54, 1.807) is 44.6 Å². The van der Waals surface area contributed by atoms with Crippen molar-refractivity contribution >= 4 is 29.3 Å². The van der Waals surface area contributed by atoms with Gasteiger partial charge < -0.3 is 24.3 Å². The Morgan fingerprint density at radius 1 is 0.885 bits per heavy atom. The maximum Gasteiger partial charge on any atom is 0.248 e. The quantitative estimate of drug-likeness (QED) is 0.738. The lowest BCUT2D eigenvalue weighted by Crippen LogP contribution is -2.09. The summed E-state index contributed by atoms with van der Waals surface area (Å²) in [5.74, 6) is 1.77. The number of carbonyl (C=O) groups excluding carboxylic acids is 1. The Balaban J connectivity index is 2.16. The molecule has 6 nitrogen and oxygen atoms in total. The predicted octanol–water partition coefficient (Wildman–Crippen LogP) is 4.03. The standard InChI is InChI=1S/C19H20ClNO5/c1-23-15-7-5-12(9-18(15)26-4)6-8-19(22)21-14-10-13(20)16(24-2)11-17(14)25-3/h5-11H,1-4H3,(H,21,22). The highest BCUT2D eigenvalue weighted by atomic mass is 35.5. The van der Waals surface area contributed by atoms with Crippen molar-refractivity contribution in [1.29, 1.82) is 0 Å². The van der Waals surface area contributed by atoms with Crippen LogP contribution in [-0.4, -0.2) is 34.3 Å². The highest BCUT2D eigenvalue weighted by molar-refractivity contribution is 6.32. The first-order chi connectivity index (χ1) is 12.5. The zero-order valence-electron chi connectivity index (χ0n) is 15.0. The van der Waals surface area contributed by atoms with E-state index in [9.17, 15) is 4.79 Å². The third kappa shape index (κ3) is 4.61. The molecule has 0 bridgehead atoms. The van der Waals surface area contributed by atoms with Crippen LogP contribution in [0.3, 0.4) is 0 Å². The molecule has 0 saturated carbocycles. The molecule has 0 heterocycles. The molecule has 2 aromatic rings. The maximum absolute atomic E-state index is 12.2. The van der Waals surface area contributed by atoms with E-state index in [0.717, 1.165) is 5.56 Å². The molecule has 0 atom stereocenters. The Morgan fingerprint density at radius 2 is 1.54 bits per heavy atom. The average Bonchev–Trinajstić information content (AvgIpc) is 2.66. The van der Waals surface area contributed by atoms with Gasteiger partial charge in [0.25, 0.3) is 0 Å². The molecular formula is C19H20ClNO5. The molecule has 0 saturated heterocycles. The summed E-state index contributed by atoms with van der Waals surface area (Å²) in [7, 11) is 6.12. The number of ether oxygens (including phenoxy) is 4. The predicted molar refractivity (Wildman–Crippen MR) is 102 cm³/mol. The molecule has 0 spiro atoms. The summed E-state index contributed by atoms with van der Waals surface area (Å²) in [6, 6.07) is 8.53. The normalized spacial score (nSPS) is 10.5. The van der Waals surface area contributed by atoms with Crippen LogP contribution in [0.5, 0.6) is 23.0 Å². The maximum atomic E-state index is 12.2. The number of halogens is 1. The van der Waals surface area contributed by atoms with Crippen molar-refractivity contribution in [3.63, 3.8) is 0 Å². The number of hydrogen-bond donors (Lipinski definition) is 1. The van der Waals surface area contributed by atoms with Crippen molar-refractivity contribution in [3.8, 4) is 23.0 Å². The van der Waals surface area contributed by atoms with Gasteiger partial charge in [0.1, 0.15) is 11.5 Å². The molecule has 2 rings (SSSR count). The van der Waals surface area contributed by atoms with Gasteiger partial charge in [0.15, 0.2) is 11.5 Å². The Bertz CT molecular complexity index is 820. The van der Waals surface area contributed by atoms with E-state index in [1.807, 2.05) is 6.07 Å². The minimum atomic E-state index is -0.334. The smallest absolute Gasteiger partial charge is 0.248 e. The molecular weight excluding hydrogens is 358 g/mol. The van der Waals surface area contributed by atoms with Gasteiger partial charge in [-0.2, -0.15) is 0 Å². The van der Waals surface area contributed by atoms with E-state index in [4.69, 9.17) is 30.5 Å². The largest absolute Gasteiger partial charge is 0.495 e. The SMILES string of the molecule is COc1cc(OC)c(NC(=O)C=Cc2ccc(OC)c(OC)c2)cc1Cl. The van der Waals surface area contributed by atoms with E-state index < -0.39 is 0 Å². The Hall–Kier alpha value is -2.86. The molecule has 1 N–H and O–H groups in total. The summed E-state index contributed by atoms with van der Waals surface area (Å²) in [6.45, 7) is 0. The number of methoxy groups -OCH3 is 4. The number of benzene rings is 2. The second-order valence-electron chi connectivity index (χ2n) is 5.12. The first-order valence-electron chi connectivity index (χ1n) is 7.65. The van der Waals surface area contributed by atoms with Crippen LogP contribution >= 0.6 is 11.6 Å². The molecule has 0 fully saturated rings. The highest BCUT2D eigenvalue weighted by Gasteiger charge is 2.11. The van der Waals surface area contributed by atoms with Crippen LogP contribution in [0.15, 0.2) is 36.4 Å². The molecule has 1 amide bonds. The van der Waals surface area contributed by atoms with Gasteiger partial charge in [-0.25, -0.2) is 0 Å². The van der Waals surface area contributed by atoms with Crippen molar-refractivity contribution in [1.82, 2.24) is 0 Å². The van der Waals surface area contributed by atoms with Gasteiger partial charge in [0, 0.05) is 12.1 Å². The number of carbonyl (C=O) groups is 1. The lowest BCUT2D eigenvalue weighted by atomic mass is 10.2. The number of rotatable bonds is 7. The average molecular weight is 378 g/mol.